The molecule has 0 aliphatic carbocycles. The van der Waals surface area contributed by atoms with Crippen molar-refractivity contribution in [1.82, 2.24) is 0 Å². The third-order valence-corrected chi connectivity index (χ3v) is 3.38. The van der Waals surface area contributed by atoms with E-state index in [9.17, 15) is 0 Å². The molecule has 2 N–H and O–H groups in total. The van der Waals surface area contributed by atoms with Gasteiger partial charge in [-0.3, -0.25) is 0 Å². The molecule has 0 saturated heterocycles. The van der Waals surface area contributed by atoms with Gasteiger partial charge in [-0.15, -0.1) is 0 Å². The van der Waals surface area contributed by atoms with E-state index in [-0.39, 0.29) is 6.04 Å². The van der Waals surface area contributed by atoms with Gasteiger partial charge < -0.3 is 10.5 Å². The van der Waals surface area contributed by atoms with Gasteiger partial charge in [0.1, 0.15) is 5.75 Å². The first-order valence-corrected chi connectivity index (χ1v) is 7.21. The number of nitrogens with two attached hydrogens (primary N) is 1. The molecule has 1 atom stereocenters. The molecule has 0 amide bonds. The molecule has 0 aliphatic rings. The minimum atomic E-state index is 0.130. The van der Waals surface area contributed by atoms with E-state index in [2.05, 4.69) is 26.0 Å². The van der Waals surface area contributed by atoms with Crippen LogP contribution in [0.15, 0.2) is 24.3 Å². The van der Waals surface area contributed by atoms with Crippen molar-refractivity contribution >= 4 is 0 Å². The first-order valence-electron chi connectivity index (χ1n) is 7.21. The van der Waals surface area contributed by atoms with Gasteiger partial charge in [-0.05, 0) is 43.4 Å². The smallest absolute Gasteiger partial charge is 0.119 e. The van der Waals surface area contributed by atoms with Crippen LogP contribution in [0.3, 0.4) is 0 Å². The van der Waals surface area contributed by atoms with E-state index in [0.29, 0.717) is 12.5 Å². The standard InChI is InChI=1S/C16H27NO/c1-4-8-13(9-5-2)16(17)14-10-7-11-15(12-14)18-6-3/h7,10-13,16H,4-6,8-9,17H2,1-3H3. The lowest BCUT2D eigenvalue weighted by Gasteiger charge is -2.24. The van der Waals surface area contributed by atoms with Crippen molar-refractivity contribution in [3.63, 3.8) is 0 Å². The molecule has 1 aromatic carbocycles. The molecule has 0 aliphatic heterocycles. The highest BCUT2D eigenvalue weighted by molar-refractivity contribution is 5.30. The minimum absolute atomic E-state index is 0.130. The zero-order valence-corrected chi connectivity index (χ0v) is 12.0. The van der Waals surface area contributed by atoms with Gasteiger partial charge in [-0.2, -0.15) is 0 Å². The second-order valence-corrected chi connectivity index (χ2v) is 4.87. The average molecular weight is 249 g/mol. The highest BCUT2D eigenvalue weighted by Crippen LogP contribution is 2.29. The lowest BCUT2D eigenvalue weighted by molar-refractivity contribution is 0.336. The summed E-state index contributed by atoms with van der Waals surface area (Å²) in [6.45, 7) is 7.16. The van der Waals surface area contributed by atoms with Gasteiger partial charge in [0.25, 0.3) is 0 Å². The summed E-state index contributed by atoms with van der Waals surface area (Å²) in [4.78, 5) is 0. The molecular weight excluding hydrogens is 222 g/mol. The van der Waals surface area contributed by atoms with Crippen molar-refractivity contribution < 1.29 is 4.74 Å². The Morgan fingerprint density at radius 2 is 1.78 bits per heavy atom. The molecule has 1 unspecified atom stereocenters. The molecule has 0 spiro atoms. The first-order chi connectivity index (χ1) is 8.72. The summed E-state index contributed by atoms with van der Waals surface area (Å²) in [6, 6.07) is 8.37. The van der Waals surface area contributed by atoms with Crippen LogP contribution in [0.1, 0.15) is 58.1 Å². The minimum Gasteiger partial charge on any atom is -0.494 e. The van der Waals surface area contributed by atoms with Crippen LogP contribution in [-0.4, -0.2) is 6.61 Å². The molecule has 0 saturated carbocycles. The Labute approximate surface area is 112 Å². The van der Waals surface area contributed by atoms with E-state index in [0.717, 1.165) is 5.75 Å². The molecule has 0 heterocycles. The van der Waals surface area contributed by atoms with Crippen molar-refractivity contribution in [2.24, 2.45) is 11.7 Å². The van der Waals surface area contributed by atoms with Gasteiger partial charge in [-0.25, -0.2) is 0 Å². The molecule has 0 bridgehead atoms. The van der Waals surface area contributed by atoms with Crippen molar-refractivity contribution in [3.05, 3.63) is 29.8 Å². The molecule has 0 fully saturated rings. The number of hydrogen-bond acceptors (Lipinski definition) is 2. The van der Waals surface area contributed by atoms with E-state index < -0.39 is 0 Å². The maximum absolute atomic E-state index is 6.42. The average Bonchev–Trinajstić information content (AvgIpc) is 2.38. The number of benzene rings is 1. The summed E-state index contributed by atoms with van der Waals surface area (Å²) in [5.74, 6) is 1.51. The second-order valence-electron chi connectivity index (χ2n) is 4.87. The highest BCUT2D eigenvalue weighted by atomic mass is 16.5. The first kappa shape index (κ1) is 15.0. The fraction of sp³-hybridized carbons (Fsp3) is 0.625. The monoisotopic (exact) mass is 249 g/mol. The molecule has 102 valence electrons. The summed E-state index contributed by atoms with van der Waals surface area (Å²) in [5, 5.41) is 0. The SMILES string of the molecule is CCCC(CCC)C(N)c1cccc(OCC)c1. The third-order valence-electron chi connectivity index (χ3n) is 3.38. The number of ether oxygens (including phenoxy) is 1. The zero-order chi connectivity index (χ0) is 13.4. The molecule has 2 heteroatoms. The Morgan fingerprint density at radius 1 is 1.11 bits per heavy atom. The topological polar surface area (TPSA) is 35.2 Å². The Hall–Kier alpha value is -1.02. The third kappa shape index (κ3) is 4.34. The van der Waals surface area contributed by atoms with Crippen molar-refractivity contribution in [2.45, 2.75) is 52.5 Å². The molecule has 0 radical (unpaired) electrons. The van der Waals surface area contributed by atoms with E-state index >= 15 is 0 Å². The van der Waals surface area contributed by atoms with Gasteiger partial charge in [0.2, 0.25) is 0 Å². The van der Waals surface area contributed by atoms with E-state index in [1.807, 2.05) is 19.1 Å². The Bertz CT molecular complexity index is 332. The van der Waals surface area contributed by atoms with E-state index in [1.165, 1.54) is 31.2 Å². The van der Waals surface area contributed by atoms with E-state index in [4.69, 9.17) is 10.5 Å². The van der Waals surface area contributed by atoms with Crippen molar-refractivity contribution in [3.8, 4) is 5.75 Å². The molecule has 0 aromatic heterocycles. The fourth-order valence-electron chi connectivity index (χ4n) is 2.50. The fourth-order valence-corrected chi connectivity index (χ4v) is 2.50. The lowest BCUT2D eigenvalue weighted by Crippen LogP contribution is -2.21. The van der Waals surface area contributed by atoms with Gasteiger partial charge in [0.15, 0.2) is 0 Å². The molecule has 1 aromatic rings. The quantitative estimate of drug-likeness (QED) is 0.745. The van der Waals surface area contributed by atoms with Gasteiger partial charge in [0, 0.05) is 6.04 Å². The van der Waals surface area contributed by atoms with Crippen molar-refractivity contribution in [1.29, 1.82) is 0 Å². The summed E-state index contributed by atoms with van der Waals surface area (Å²) in [7, 11) is 0. The Morgan fingerprint density at radius 3 is 2.33 bits per heavy atom. The molecular formula is C16H27NO. The summed E-state index contributed by atoms with van der Waals surface area (Å²) in [6.07, 6.45) is 4.80. The molecule has 18 heavy (non-hydrogen) atoms. The van der Waals surface area contributed by atoms with Crippen LogP contribution in [0.4, 0.5) is 0 Å². The molecule has 1 rings (SSSR count). The van der Waals surface area contributed by atoms with Gasteiger partial charge >= 0.3 is 0 Å². The number of hydrogen-bond donors (Lipinski definition) is 1. The van der Waals surface area contributed by atoms with E-state index in [1.54, 1.807) is 0 Å². The maximum Gasteiger partial charge on any atom is 0.119 e. The predicted molar refractivity (Wildman–Crippen MR) is 77.8 cm³/mol. The number of rotatable bonds is 8. The van der Waals surface area contributed by atoms with Crippen LogP contribution in [0, 0.1) is 5.92 Å². The largest absolute Gasteiger partial charge is 0.494 e. The Kier molecular flexibility index (Phi) is 6.81. The predicted octanol–water partition coefficient (Wildman–Crippen LogP) is 4.30. The van der Waals surface area contributed by atoms with Crippen molar-refractivity contribution in [2.75, 3.05) is 6.61 Å². The van der Waals surface area contributed by atoms with Crippen LogP contribution in [0.25, 0.3) is 0 Å². The molecule has 2 nitrogen and oxygen atoms in total. The maximum atomic E-state index is 6.42. The van der Waals surface area contributed by atoms with Crippen LogP contribution in [0.2, 0.25) is 0 Å². The highest BCUT2D eigenvalue weighted by Gasteiger charge is 2.18. The lowest BCUT2D eigenvalue weighted by atomic mass is 9.87. The summed E-state index contributed by atoms with van der Waals surface area (Å²) >= 11 is 0. The van der Waals surface area contributed by atoms with Crippen LogP contribution >= 0.6 is 0 Å². The van der Waals surface area contributed by atoms with Gasteiger partial charge in [-0.1, -0.05) is 38.8 Å². The Balaban J connectivity index is 2.79. The summed E-state index contributed by atoms with van der Waals surface area (Å²) in [5.41, 5.74) is 7.62. The summed E-state index contributed by atoms with van der Waals surface area (Å²) < 4.78 is 5.54. The van der Waals surface area contributed by atoms with Crippen LogP contribution < -0.4 is 10.5 Å². The zero-order valence-electron chi connectivity index (χ0n) is 12.0. The van der Waals surface area contributed by atoms with Crippen LogP contribution in [0.5, 0.6) is 5.75 Å². The normalized spacial score (nSPS) is 12.7. The van der Waals surface area contributed by atoms with Crippen LogP contribution in [-0.2, 0) is 0 Å². The van der Waals surface area contributed by atoms with Gasteiger partial charge in [0.05, 0.1) is 6.61 Å². The second kappa shape index (κ2) is 8.15.